The lowest BCUT2D eigenvalue weighted by Crippen LogP contribution is -2.58. The van der Waals surface area contributed by atoms with E-state index < -0.39 is 0 Å². The molecule has 1 aromatic rings. The molecule has 1 fully saturated rings. The third-order valence-electron chi connectivity index (χ3n) is 2.43. The van der Waals surface area contributed by atoms with Crippen LogP contribution < -0.4 is 5.32 Å². The van der Waals surface area contributed by atoms with Crippen molar-refractivity contribution in [1.82, 2.24) is 19.8 Å². The lowest BCUT2D eigenvalue weighted by atomic mass is 10.0. The molecule has 0 aliphatic carbocycles. The van der Waals surface area contributed by atoms with Crippen molar-refractivity contribution < 1.29 is 4.79 Å². The highest BCUT2D eigenvalue weighted by Crippen LogP contribution is 2.14. The molecule has 5 nitrogen and oxygen atoms in total. The smallest absolute Gasteiger partial charge is 0.267 e. The van der Waals surface area contributed by atoms with Gasteiger partial charge in [0.15, 0.2) is 0 Å². The number of nitrogens with zero attached hydrogens (tertiary/aromatic N) is 3. The summed E-state index contributed by atoms with van der Waals surface area (Å²) in [5, 5.41) is 7.05. The number of nitrogens with one attached hydrogen (secondary N) is 1. The molecule has 82 valence electrons. The summed E-state index contributed by atoms with van der Waals surface area (Å²) in [4.78, 5) is 14.4. The van der Waals surface area contributed by atoms with Gasteiger partial charge in [-0.05, 0) is 25.4 Å². The van der Waals surface area contributed by atoms with Crippen LogP contribution in [0.4, 0.5) is 0 Å². The van der Waals surface area contributed by atoms with Gasteiger partial charge >= 0.3 is 0 Å². The van der Waals surface area contributed by atoms with Crippen LogP contribution in [-0.2, 0) is 0 Å². The van der Waals surface area contributed by atoms with Crippen LogP contribution in [0.3, 0.4) is 0 Å². The number of piperazine rings is 1. The monoisotopic (exact) mass is 226 g/mol. The second-order valence-corrected chi connectivity index (χ2v) is 5.10. The van der Waals surface area contributed by atoms with E-state index in [2.05, 4.69) is 28.8 Å². The Hall–Kier alpha value is -1.01. The average molecular weight is 226 g/mol. The number of aromatic nitrogens is 2. The van der Waals surface area contributed by atoms with Crippen LogP contribution in [0.5, 0.6) is 0 Å². The maximum atomic E-state index is 12.0. The van der Waals surface area contributed by atoms with Gasteiger partial charge in [0, 0.05) is 25.2 Å². The molecule has 1 saturated heterocycles. The van der Waals surface area contributed by atoms with Crippen molar-refractivity contribution in [3.63, 3.8) is 0 Å². The number of hydrogen-bond donors (Lipinski definition) is 1. The first-order valence-corrected chi connectivity index (χ1v) is 5.67. The molecule has 1 aliphatic rings. The molecule has 1 aliphatic heterocycles. The van der Waals surface area contributed by atoms with E-state index in [0.29, 0.717) is 4.88 Å². The summed E-state index contributed by atoms with van der Waals surface area (Å²) >= 11 is 1.15. The zero-order chi connectivity index (χ0) is 10.9. The van der Waals surface area contributed by atoms with Crippen molar-refractivity contribution in [1.29, 1.82) is 0 Å². The summed E-state index contributed by atoms with van der Waals surface area (Å²) < 4.78 is 3.70. The number of amides is 1. The minimum atomic E-state index is -0.00791. The van der Waals surface area contributed by atoms with E-state index in [-0.39, 0.29) is 11.4 Å². The second kappa shape index (κ2) is 3.86. The predicted octanol–water partition coefficient (Wildman–Crippen LogP) is 0.362. The lowest BCUT2D eigenvalue weighted by Gasteiger charge is -2.38. The maximum Gasteiger partial charge on any atom is 0.267 e. The van der Waals surface area contributed by atoms with Gasteiger partial charge in [-0.1, -0.05) is 4.49 Å². The Labute approximate surface area is 92.6 Å². The largest absolute Gasteiger partial charge is 0.335 e. The summed E-state index contributed by atoms with van der Waals surface area (Å²) in [7, 11) is 0. The van der Waals surface area contributed by atoms with E-state index >= 15 is 0 Å². The molecule has 0 unspecified atom stereocenters. The van der Waals surface area contributed by atoms with Crippen molar-refractivity contribution in [2.75, 3.05) is 19.6 Å². The number of hydrogen-bond acceptors (Lipinski definition) is 5. The van der Waals surface area contributed by atoms with E-state index in [1.165, 1.54) is 6.20 Å². The van der Waals surface area contributed by atoms with E-state index in [1.54, 1.807) is 0 Å². The third kappa shape index (κ3) is 2.32. The Bertz CT molecular complexity index is 349. The molecule has 2 heterocycles. The Morgan fingerprint density at radius 2 is 2.47 bits per heavy atom. The minimum absolute atomic E-state index is 0.00791. The van der Waals surface area contributed by atoms with Gasteiger partial charge in [0.2, 0.25) is 0 Å². The first-order chi connectivity index (χ1) is 7.08. The van der Waals surface area contributed by atoms with E-state index in [4.69, 9.17) is 0 Å². The summed E-state index contributed by atoms with van der Waals surface area (Å²) in [6, 6.07) is 0. The molecule has 0 spiro atoms. The van der Waals surface area contributed by atoms with Gasteiger partial charge in [0.05, 0.1) is 6.20 Å². The van der Waals surface area contributed by atoms with Gasteiger partial charge in [-0.2, -0.15) is 0 Å². The van der Waals surface area contributed by atoms with Crippen LogP contribution >= 0.6 is 11.5 Å². The van der Waals surface area contributed by atoms with Gasteiger partial charge in [0.1, 0.15) is 4.88 Å². The van der Waals surface area contributed by atoms with Gasteiger partial charge < -0.3 is 10.2 Å². The molecule has 1 N–H and O–H groups in total. The van der Waals surface area contributed by atoms with E-state index in [1.807, 2.05) is 4.90 Å². The molecule has 15 heavy (non-hydrogen) atoms. The van der Waals surface area contributed by atoms with Crippen LogP contribution in [0, 0.1) is 0 Å². The summed E-state index contributed by atoms with van der Waals surface area (Å²) in [5.41, 5.74) is -0.00791. The van der Waals surface area contributed by atoms with Crippen molar-refractivity contribution in [3.8, 4) is 0 Å². The fourth-order valence-corrected chi connectivity index (χ4v) is 2.22. The third-order valence-corrected chi connectivity index (χ3v) is 3.08. The Balaban J connectivity index is 2.08. The Morgan fingerprint density at radius 3 is 3.07 bits per heavy atom. The molecular weight excluding hydrogens is 212 g/mol. The van der Waals surface area contributed by atoms with Gasteiger partial charge in [-0.25, -0.2) is 0 Å². The maximum absolute atomic E-state index is 12.0. The number of carbonyl (C=O) groups excluding carboxylic acids is 1. The molecule has 2 rings (SSSR count). The highest BCUT2D eigenvalue weighted by Gasteiger charge is 2.29. The fourth-order valence-electron chi connectivity index (χ4n) is 1.73. The molecule has 0 saturated carbocycles. The second-order valence-electron chi connectivity index (χ2n) is 4.32. The van der Waals surface area contributed by atoms with Crippen LogP contribution in [0.2, 0.25) is 0 Å². The van der Waals surface area contributed by atoms with Crippen molar-refractivity contribution in [2.24, 2.45) is 0 Å². The van der Waals surface area contributed by atoms with Gasteiger partial charge in [-0.3, -0.25) is 4.79 Å². The molecule has 6 heteroatoms. The van der Waals surface area contributed by atoms with Crippen LogP contribution in [0.25, 0.3) is 0 Å². The fraction of sp³-hybridized carbons (Fsp3) is 0.667. The molecule has 0 atom stereocenters. The summed E-state index contributed by atoms with van der Waals surface area (Å²) in [6.07, 6.45) is 1.53. The van der Waals surface area contributed by atoms with Gasteiger partial charge in [0.25, 0.3) is 5.91 Å². The van der Waals surface area contributed by atoms with Crippen molar-refractivity contribution in [2.45, 2.75) is 19.4 Å². The predicted molar refractivity (Wildman–Crippen MR) is 57.9 cm³/mol. The van der Waals surface area contributed by atoms with Crippen molar-refractivity contribution in [3.05, 3.63) is 11.1 Å². The Kier molecular flexibility index (Phi) is 2.70. The normalized spacial score (nSPS) is 20.3. The first kappa shape index (κ1) is 10.5. The zero-order valence-electron chi connectivity index (χ0n) is 8.86. The number of carbonyl (C=O) groups is 1. The minimum Gasteiger partial charge on any atom is -0.335 e. The van der Waals surface area contributed by atoms with Gasteiger partial charge in [-0.15, -0.1) is 5.10 Å². The molecule has 0 bridgehead atoms. The first-order valence-electron chi connectivity index (χ1n) is 4.90. The molecule has 1 amide bonds. The van der Waals surface area contributed by atoms with E-state index in [0.717, 1.165) is 31.2 Å². The quantitative estimate of drug-likeness (QED) is 0.751. The van der Waals surface area contributed by atoms with Crippen molar-refractivity contribution >= 4 is 17.4 Å². The highest BCUT2D eigenvalue weighted by molar-refractivity contribution is 7.07. The lowest BCUT2D eigenvalue weighted by molar-refractivity contribution is 0.0657. The van der Waals surface area contributed by atoms with Crippen LogP contribution in [-0.4, -0.2) is 45.6 Å². The average Bonchev–Trinajstić information content (AvgIpc) is 2.67. The SMILES string of the molecule is CC1(C)CN(C(=O)c2cnns2)CCN1. The molecule has 0 radical (unpaired) electrons. The number of rotatable bonds is 1. The zero-order valence-corrected chi connectivity index (χ0v) is 9.67. The molecular formula is C9H14N4OS. The van der Waals surface area contributed by atoms with Crippen LogP contribution in [0.1, 0.15) is 23.5 Å². The standard InChI is InChI=1S/C9H14N4OS/c1-9(2)6-13(4-3-10-9)8(14)7-5-11-12-15-7/h5,10H,3-4,6H2,1-2H3. The topological polar surface area (TPSA) is 58.1 Å². The molecule has 1 aromatic heterocycles. The highest BCUT2D eigenvalue weighted by atomic mass is 32.1. The summed E-state index contributed by atoms with van der Waals surface area (Å²) in [6.45, 7) is 6.50. The van der Waals surface area contributed by atoms with Crippen LogP contribution in [0.15, 0.2) is 6.20 Å². The summed E-state index contributed by atoms with van der Waals surface area (Å²) in [5.74, 6) is 0.0413. The van der Waals surface area contributed by atoms with E-state index in [9.17, 15) is 4.79 Å². The Morgan fingerprint density at radius 1 is 1.67 bits per heavy atom. The molecule has 0 aromatic carbocycles.